The van der Waals surface area contributed by atoms with Crippen LogP contribution in [0.15, 0.2) is 211 Å². The van der Waals surface area contributed by atoms with Crippen LogP contribution in [0.5, 0.6) is 0 Å². The highest BCUT2D eigenvalue weighted by atomic mass is 14.7. The summed E-state index contributed by atoms with van der Waals surface area (Å²) in [5, 5.41) is 4.87. The summed E-state index contributed by atoms with van der Waals surface area (Å²) in [6.07, 6.45) is 2.04. The quantitative estimate of drug-likeness (QED) is 0.154. The van der Waals surface area contributed by atoms with Gasteiger partial charge in [0.1, 0.15) is 0 Å². The van der Waals surface area contributed by atoms with E-state index in [-0.39, 0.29) is 5.41 Å². The van der Waals surface area contributed by atoms with Crippen LogP contribution in [0.4, 0.5) is 0 Å². The highest BCUT2D eigenvalue weighted by Crippen LogP contribution is 2.52. The maximum atomic E-state index is 7.06. The summed E-state index contributed by atoms with van der Waals surface area (Å²) >= 11 is 0. The number of fused-ring (bicyclic) bond motifs is 6. The van der Waals surface area contributed by atoms with Crippen molar-refractivity contribution in [1.29, 1.82) is 0 Å². The van der Waals surface area contributed by atoms with Crippen LogP contribution in [-0.2, 0) is 12.0 Å². The summed E-state index contributed by atoms with van der Waals surface area (Å²) < 4.78 is 0. The van der Waals surface area contributed by atoms with E-state index < -0.39 is 0 Å². The molecule has 0 bridgehead atoms. The molecule has 1 aliphatic rings. The lowest BCUT2D eigenvalue weighted by atomic mass is 9.82. The molecule has 0 saturated heterocycles. The third kappa shape index (κ3) is 6.63. The predicted octanol–water partition coefficient (Wildman–Crippen LogP) is 14.3. The number of aliphatic imine (C=N–C) groups is 1. The molecule has 0 spiro atoms. The van der Waals surface area contributed by atoms with Gasteiger partial charge in [-0.1, -0.05) is 208 Å². The van der Waals surface area contributed by atoms with Crippen molar-refractivity contribution in [3.63, 3.8) is 0 Å². The van der Waals surface area contributed by atoms with E-state index in [0.29, 0.717) is 12.2 Å². The highest BCUT2D eigenvalue weighted by molar-refractivity contribution is 6.14. The number of hydrogen-bond donors (Lipinski definition) is 1. The third-order valence-electron chi connectivity index (χ3n) is 12.2. The van der Waals surface area contributed by atoms with Crippen LogP contribution >= 0.6 is 0 Å². The minimum Gasteiger partial charge on any atom is -0.398 e. The molecular formula is C57H44N2. The first-order valence-corrected chi connectivity index (χ1v) is 20.4. The van der Waals surface area contributed by atoms with Gasteiger partial charge in [-0.3, -0.25) is 4.99 Å². The molecule has 1 aliphatic carbocycles. The summed E-state index contributed by atoms with van der Waals surface area (Å²) in [5.41, 5.74) is 24.3. The van der Waals surface area contributed by atoms with Gasteiger partial charge in [0, 0.05) is 16.7 Å². The summed E-state index contributed by atoms with van der Waals surface area (Å²) in [6, 6.07) is 71.8. The first-order valence-electron chi connectivity index (χ1n) is 20.4. The SMILES string of the molecule is CC1(C)c2ccc(-c3ccc(-c4ccc(/C(N)=C/C(=NCc5ccccc5)c5ccc(-c6ccccc6)cc5)c5ccccc45)cc3)cc2-c2c1ccc1ccccc21. The van der Waals surface area contributed by atoms with Crippen molar-refractivity contribution in [2.24, 2.45) is 10.7 Å². The molecule has 0 unspecified atom stereocenters. The zero-order chi connectivity index (χ0) is 39.9. The van der Waals surface area contributed by atoms with Crippen LogP contribution in [-0.4, -0.2) is 5.71 Å². The molecule has 2 heteroatoms. The van der Waals surface area contributed by atoms with Gasteiger partial charge in [-0.15, -0.1) is 0 Å². The molecule has 0 saturated carbocycles. The monoisotopic (exact) mass is 756 g/mol. The van der Waals surface area contributed by atoms with E-state index in [1.165, 1.54) is 66.4 Å². The van der Waals surface area contributed by atoms with Crippen LogP contribution in [0.3, 0.4) is 0 Å². The number of nitrogens with two attached hydrogens (primary N) is 1. The average molecular weight is 757 g/mol. The van der Waals surface area contributed by atoms with Gasteiger partial charge in [-0.2, -0.15) is 0 Å². The largest absolute Gasteiger partial charge is 0.398 e. The molecule has 59 heavy (non-hydrogen) atoms. The molecule has 0 amide bonds. The van der Waals surface area contributed by atoms with E-state index >= 15 is 0 Å². The lowest BCUT2D eigenvalue weighted by Gasteiger charge is -2.21. The number of benzene rings is 9. The molecule has 2 nitrogen and oxygen atoms in total. The Kier molecular flexibility index (Phi) is 9.11. The normalized spacial score (nSPS) is 13.4. The molecule has 10 rings (SSSR count). The molecule has 0 aliphatic heterocycles. The molecule has 0 aromatic heterocycles. The Morgan fingerprint density at radius 1 is 0.492 bits per heavy atom. The average Bonchev–Trinajstić information content (AvgIpc) is 3.53. The molecule has 9 aromatic carbocycles. The lowest BCUT2D eigenvalue weighted by Crippen LogP contribution is -2.14. The summed E-state index contributed by atoms with van der Waals surface area (Å²) in [5.74, 6) is 0. The second-order valence-corrected chi connectivity index (χ2v) is 16.1. The number of hydrogen-bond acceptors (Lipinski definition) is 2. The lowest BCUT2D eigenvalue weighted by molar-refractivity contribution is 0.661. The van der Waals surface area contributed by atoms with Gasteiger partial charge in [-0.05, 0) is 100 Å². The van der Waals surface area contributed by atoms with Crippen molar-refractivity contribution in [2.75, 3.05) is 0 Å². The Bertz CT molecular complexity index is 3060. The Balaban J connectivity index is 0.985. The Morgan fingerprint density at radius 2 is 1.07 bits per heavy atom. The van der Waals surface area contributed by atoms with Crippen molar-refractivity contribution in [3.05, 3.63) is 234 Å². The number of allylic oxidation sites excluding steroid dienone is 1. The van der Waals surface area contributed by atoms with Crippen molar-refractivity contribution < 1.29 is 0 Å². The summed E-state index contributed by atoms with van der Waals surface area (Å²) in [4.78, 5) is 5.12. The van der Waals surface area contributed by atoms with E-state index in [1.807, 2.05) is 18.2 Å². The molecular weight excluding hydrogens is 713 g/mol. The third-order valence-corrected chi connectivity index (χ3v) is 12.2. The maximum absolute atomic E-state index is 7.06. The minimum absolute atomic E-state index is 0.0481. The first-order chi connectivity index (χ1) is 28.9. The molecule has 9 aromatic rings. The standard InChI is InChI=1S/C57H44N2/c1-57(2)52-33-30-45(35-51(52)56-47-18-10-9-17-42(47)29-34-53(56)57)41-21-25-43(26-22-41)46-31-32-50(49-20-12-11-19-48(46)49)54(58)36-55(59-37-38-13-5-3-6-14-38)44-27-23-40(24-28-44)39-15-7-4-8-16-39/h3-36H,37,58H2,1-2H3/b54-36-,59-55?. The first kappa shape index (κ1) is 36.1. The Morgan fingerprint density at radius 3 is 1.83 bits per heavy atom. The highest BCUT2D eigenvalue weighted by Gasteiger charge is 2.36. The second kappa shape index (κ2) is 14.9. The van der Waals surface area contributed by atoms with Crippen molar-refractivity contribution in [3.8, 4) is 44.5 Å². The van der Waals surface area contributed by atoms with Gasteiger partial charge >= 0.3 is 0 Å². The van der Waals surface area contributed by atoms with Gasteiger partial charge in [0.05, 0.1) is 12.3 Å². The molecule has 0 atom stereocenters. The molecule has 0 fully saturated rings. The van der Waals surface area contributed by atoms with Gasteiger partial charge in [0.15, 0.2) is 0 Å². The van der Waals surface area contributed by atoms with Gasteiger partial charge < -0.3 is 5.73 Å². The fourth-order valence-corrected chi connectivity index (χ4v) is 9.02. The van der Waals surface area contributed by atoms with Gasteiger partial charge in [0.25, 0.3) is 0 Å². The summed E-state index contributed by atoms with van der Waals surface area (Å²) in [6.45, 7) is 5.26. The van der Waals surface area contributed by atoms with E-state index in [1.54, 1.807) is 0 Å². The van der Waals surface area contributed by atoms with Crippen LogP contribution in [0, 0.1) is 0 Å². The number of rotatable bonds is 8. The van der Waals surface area contributed by atoms with E-state index in [2.05, 4.69) is 202 Å². The van der Waals surface area contributed by atoms with Gasteiger partial charge in [0.2, 0.25) is 0 Å². The zero-order valence-electron chi connectivity index (χ0n) is 33.4. The van der Waals surface area contributed by atoms with Crippen molar-refractivity contribution >= 4 is 33.0 Å². The zero-order valence-corrected chi connectivity index (χ0v) is 33.4. The van der Waals surface area contributed by atoms with Crippen molar-refractivity contribution in [1.82, 2.24) is 0 Å². The topological polar surface area (TPSA) is 38.4 Å². The van der Waals surface area contributed by atoms with E-state index in [4.69, 9.17) is 10.7 Å². The van der Waals surface area contributed by atoms with Crippen LogP contribution in [0.1, 0.15) is 41.7 Å². The predicted molar refractivity (Wildman–Crippen MR) is 251 cm³/mol. The van der Waals surface area contributed by atoms with E-state index in [9.17, 15) is 0 Å². The van der Waals surface area contributed by atoms with Crippen LogP contribution in [0.2, 0.25) is 0 Å². The smallest absolute Gasteiger partial charge is 0.0671 e. The molecule has 282 valence electrons. The Labute approximate surface area is 346 Å². The number of nitrogens with zero attached hydrogens (tertiary/aromatic N) is 1. The second-order valence-electron chi connectivity index (χ2n) is 16.1. The minimum atomic E-state index is -0.0481. The fraction of sp³-hybridized carbons (Fsp3) is 0.0702. The fourth-order valence-electron chi connectivity index (χ4n) is 9.02. The molecule has 0 heterocycles. The maximum Gasteiger partial charge on any atom is 0.0671 e. The van der Waals surface area contributed by atoms with Gasteiger partial charge in [-0.25, -0.2) is 0 Å². The molecule has 2 N–H and O–H groups in total. The van der Waals surface area contributed by atoms with Crippen LogP contribution < -0.4 is 5.73 Å². The Hall–Kier alpha value is -7.29. The van der Waals surface area contributed by atoms with Crippen molar-refractivity contribution in [2.45, 2.75) is 25.8 Å². The molecule has 0 radical (unpaired) electrons. The summed E-state index contributed by atoms with van der Waals surface area (Å²) in [7, 11) is 0. The van der Waals surface area contributed by atoms with E-state index in [0.717, 1.165) is 33.2 Å². The van der Waals surface area contributed by atoms with Crippen LogP contribution in [0.25, 0.3) is 71.7 Å².